The first-order valence-corrected chi connectivity index (χ1v) is 10.0. The Bertz CT molecular complexity index is 656. The topological polar surface area (TPSA) is 72.9 Å². The highest BCUT2D eigenvalue weighted by atomic mass is 79.9. The second kappa shape index (κ2) is 8.23. The van der Waals surface area contributed by atoms with Gasteiger partial charge in [-0.3, -0.25) is 4.79 Å². The summed E-state index contributed by atoms with van der Waals surface area (Å²) in [5, 5.41) is 0.108. The van der Waals surface area contributed by atoms with Crippen molar-refractivity contribution >= 4 is 31.7 Å². The van der Waals surface area contributed by atoms with Gasteiger partial charge in [-0.25, -0.2) is 8.42 Å². The monoisotopic (exact) mass is 405 g/mol. The summed E-state index contributed by atoms with van der Waals surface area (Å²) >= 11 is 3.12. The van der Waals surface area contributed by atoms with Crippen LogP contribution in [0.5, 0.6) is 5.75 Å². The van der Waals surface area contributed by atoms with Crippen LogP contribution >= 0.6 is 15.9 Å². The number of benzene rings is 1. The van der Waals surface area contributed by atoms with Crippen LogP contribution in [0.3, 0.4) is 0 Å². The van der Waals surface area contributed by atoms with Crippen LogP contribution in [-0.4, -0.2) is 56.7 Å². The van der Waals surface area contributed by atoms with E-state index in [1.807, 2.05) is 6.92 Å². The van der Waals surface area contributed by atoms with Crippen molar-refractivity contribution in [3.05, 3.63) is 23.8 Å². The van der Waals surface area contributed by atoms with Gasteiger partial charge in [-0.2, -0.15) is 4.31 Å². The van der Waals surface area contributed by atoms with Gasteiger partial charge in [0, 0.05) is 13.1 Å². The van der Waals surface area contributed by atoms with Gasteiger partial charge < -0.3 is 9.47 Å². The smallest absolute Gasteiger partial charge is 0.243 e. The molecule has 6 nitrogen and oxygen atoms in total. The minimum Gasteiger partial charge on any atom is -0.493 e. The molecule has 0 amide bonds. The van der Waals surface area contributed by atoms with Gasteiger partial charge in [0.2, 0.25) is 10.0 Å². The van der Waals surface area contributed by atoms with Crippen molar-refractivity contribution in [1.29, 1.82) is 0 Å². The second-order valence-electron chi connectivity index (χ2n) is 5.08. The van der Waals surface area contributed by atoms with Crippen molar-refractivity contribution in [2.75, 3.05) is 38.2 Å². The Morgan fingerprint density at radius 2 is 2.04 bits per heavy atom. The molecular formula is C15H20BrNO5S. The Labute approximate surface area is 144 Å². The molecule has 0 atom stereocenters. The zero-order valence-corrected chi connectivity index (χ0v) is 15.4. The third-order valence-corrected chi connectivity index (χ3v) is 5.85. The number of Topliss-reactive ketones (excluding diaryl/α,β-unsaturated/α-hetero) is 1. The van der Waals surface area contributed by atoms with E-state index < -0.39 is 10.0 Å². The minimum atomic E-state index is -3.63. The van der Waals surface area contributed by atoms with Crippen LogP contribution in [0.2, 0.25) is 0 Å². The molecule has 0 radical (unpaired) electrons. The molecule has 0 bridgehead atoms. The van der Waals surface area contributed by atoms with Crippen LogP contribution < -0.4 is 4.74 Å². The van der Waals surface area contributed by atoms with Gasteiger partial charge in [0.15, 0.2) is 5.78 Å². The molecule has 0 spiro atoms. The van der Waals surface area contributed by atoms with E-state index in [-0.39, 0.29) is 21.6 Å². The van der Waals surface area contributed by atoms with E-state index in [0.717, 1.165) is 6.42 Å². The number of nitrogens with zero attached hydrogens (tertiary/aromatic N) is 1. The fourth-order valence-corrected chi connectivity index (χ4v) is 3.97. The number of alkyl halides is 1. The highest BCUT2D eigenvalue weighted by Crippen LogP contribution is 2.26. The molecule has 0 aliphatic carbocycles. The minimum absolute atomic E-state index is 0.104. The third kappa shape index (κ3) is 4.32. The molecule has 2 rings (SSSR count). The van der Waals surface area contributed by atoms with Crippen LogP contribution in [0.15, 0.2) is 23.1 Å². The standard InChI is InChI=1S/C15H20BrNO5S/c1-2-7-22-15-4-3-12(10-13(15)14(18)11-16)23(19,20)17-5-8-21-9-6-17/h3-4,10H,2,5-9,11H2,1H3. The van der Waals surface area contributed by atoms with Gasteiger partial charge in [0.1, 0.15) is 5.75 Å². The summed E-state index contributed by atoms with van der Waals surface area (Å²) in [6.45, 7) is 3.83. The molecule has 1 aromatic rings. The van der Waals surface area contributed by atoms with Crippen molar-refractivity contribution in [2.24, 2.45) is 0 Å². The van der Waals surface area contributed by atoms with Gasteiger partial charge in [-0.05, 0) is 24.6 Å². The molecule has 8 heteroatoms. The fraction of sp³-hybridized carbons (Fsp3) is 0.533. The molecule has 1 aliphatic rings. The predicted octanol–water partition coefficient (Wildman–Crippen LogP) is 2.07. The number of ketones is 1. The van der Waals surface area contributed by atoms with E-state index in [2.05, 4.69) is 15.9 Å². The summed E-state index contributed by atoms with van der Waals surface area (Å²) in [7, 11) is -3.63. The third-order valence-electron chi connectivity index (χ3n) is 3.44. The normalized spacial score (nSPS) is 16.3. The molecule has 1 heterocycles. The molecule has 0 unspecified atom stereocenters. The van der Waals surface area contributed by atoms with E-state index in [9.17, 15) is 13.2 Å². The van der Waals surface area contributed by atoms with Crippen LogP contribution in [0.25, 0.3) is 0 Å². The zero-order chi connectivity index (χ0) is 16.9. The first-order valence-electron chi connectivity index (χ1n) is 7.44. The van der Waals surface area contributed by atoms with Crippen molar-refractivity contribution in [3.8, 4) is 5.75 Å². The first-order chi connectivity index (χ1) is 11.0. The highest BCUT2D eigenvalue weighted by molar-refractivity contribution is 9.09. The molecule has 0 saturated carbocycles. The lowest BCUT2D eigenvalue weighted by Crippen LogP contribution is -2.40. The van der Waals surface area contributed by atoms with Gasteiger partial charge in [0.25, 0.3) is 0 Å². The fourth-order valence-electron chi connectivity index (χ4n) is 2.23. The van der Waals surface area contributed by atoms with Gasteiger partial charge in [0.05, 0.1) is 35.6 Å². The van der Waals surface area contributed by atoms with E-state index >= 15 is 0 Å². The molecule has 23 heavy (non-hydrogen) atoms. The Kier molecular flexibility index (Phi) is 6.58. The molecule has 0 N–H and O–H groups in total. The lowest BCUT2D eigenvalue weighted by molar-refractivity contribution is 0.0730. The lowest BCUT2D eigenvalue weighted by atomic mass is 10.1. The lowest BCUT2D eigenvalue weighted by Gasteiger charge is -2.26. The average molecular weight is 406 g/mol. The Morgan fingerprint density at radius 1 is 1.35 bits per heavy atom. The second-order valence-corrected chi connectivity index (χ2v) is 7.58. The molecule has 128 valence electrons. The summed E-state index contributed by atoms with van der Waals surface area (Å²) in [6, 6.07) is 4.44. The quantitative estimate of drug-likeness (QED) is 0.512. The number of carbonyl (C=O) groups excluding carboxylic acids is 1. The maximum atomic E-state index is 12.7. The Morgan fingerprint density at radius 3 is 2.65 bits per heavy atom. The number of hydrogen-bond donors (Lipinski definition) is 0. The summed E-state index contributed by atoms with van der Waals surface area (Å²) in [4.78, 5) is 12.2. The van der Waals surface area contributed by atoms with Crippen LogP contribution in [0, 0.1) is 0 Å². The average Bonchev–Trinajstić information content (AvgIpc) is 2.59. The van der Waals surface area contributed by atoms with Gasteiger partial charge in [-0.1, -0.05) is 22.9 Å². The first kappa shape index (κ1) is 18.4. The number of ether oxygens (including phenoxy) is 2. The van der Waals surface area contributed by atoms with E-state index in [0.29, 0.717) is 38.7 Å². The maximum Gasteiger partial charge on any atom is 0.243 e. The number of rotatable bonds is 7. The number of halogens is 1. The van der Waals surface area contributed by atoms with Gasteiger partial charge in [-0.15, -0.1) is 0 Å². The number of hydrogen-bond acceptors (Lipinski definition) is 5. The molecule has 1 aliphatic heterocycles. The SMILES string of the molecule is CCCOc1ccc(S(=O)(=O)N2CCOCC2)cc1C(=O)CBr. The van der Waals surface area contributed by atoms with Crippen molar-refractivity contribution in [2.45, 2.75) is 18.2 Å². The van der Waals surface area contributed by atoms with Crippen LogP contribution in [0.1, 0.15) is 23.7 Å². The molecular weight excluding hydrogens is 386 g/mol. The molecule has 1 fully saturated rings. The van der Waals surface area contributed by atoms with Crippen LogP contribution in [0.4, 0.5) is 0 Å². The molecule has 1 aromatic carbocycles. The summed E-state index contributed by atoms with van der Waals surface area (Å²) in [6.07, 6.45) is 0.801. The maximum absolute atomic E-state index is 12.7. The number of morpholine rings is 1. The zero-order valence-electron chi connectivity index (χ0n) is 13.0. The van der Waals surface area contributed by atoms with E-state index in [4.69, 9.17) is 9.47 Å². The van der Waals surface area contributed by atoms with Crippen molar-refractivity contribution < 1.29 is 22.7 Å². The van der Waals surface area contributed by atoms with E-state index in [1.165, 1.54) is 16.4 Å². The van der Waals surface area contributed by atoms with E-state index in [1.54, 1.807) is 6.07 Å². The van der Waals surface area contributed by atoms with Crippen molar-refractivity contribution in [1.82, 2.24) is 4.31 Å². The number of sulfonamides is 1. The van der Waals surface area contributed by atoms with Crippen LogP contribution in [-0.2, 0) is 14.8 Å². The predicted molar refractivity (Wildman–Crippen MR) is 89.9 cm³/mol. The summed E-state index contributed by atoms with van der Waals surface area (Å²) < 4.78 is 37.5. The molecule has 0 aromatic heterocycles. The van der Waals surface area contributed by atoms with Gasteiger partial charge >= 0.3 is 0 Å². The molecule has 1 saturated heterocycles. The summed E-state index contributed by atoms with van der Waals surface area (Å²) in [5.41, 5.74) is 0.282. The van der Waals surface area contributed by atoms with Crippen molar-refractivity contribution in [3.63, 3.8) is 0 Å². The Hall–Kier alpha value is -0.960. The Balaban J connectivity index is 2.37. The summed E-state index contributed by atoms with van der Waals surface area (Å²) in [5.74, 6) is 0.201. The largest absolute Gasteiger partial charge is 0.493 e. The number of carbonyl (C=O) groups is 1. The highest BCUT2D eigenvalue weighted by Gasteiger charge is 2.27.